The average Bonchev–Trinajstić information content (AvgIpc) is 2.32. The first-order chi connectivity index (χ1) is 8.51. The second-order valence-electron chi connectivity index (χ2n) is 3.33. The van der Waals surface area contributed by atoms with Gasteiger partial charge in [0.15, 0.2) is 11.5 Å². The predicted octanol–water partition coefficient (Wildman–Crippen LogP) is 1.45. The maximum atomic E-state index is 11.6. The number of ether oxygens (including phenoxy) is 2. The summed E-state index contributed by atoms with van der Waals surface area (Å²) in [6, 6.07) is 1.94. The molecular formula is C12H14O6. The molecule has 0 heterocycles. The first kappa shape index (κ1) is 13.8. The molecule has 6 heteroatoms. The molecule has 98 valence electrons. The lowest BCUT2D eigenvalue weighted by Crippen LogP contribution is -2.14. The summed E-state index contributed by atoms with van der Waals surface area (Å²) in [5, 5.41) is 18.7. The van der Waals surface area contributed by atoms with Crippen molar-refractivity contribution in [1.82, 2.24) is 0 Å². The highest BCUT2D eigenvalue weighted by Gasteiger charge is 2.22. The first-order valence-electron chi connectivity index (χ1n) is 5.41. The van der Waals surface area contributed by atoms with Crippen molar-refractivity contribution >= 4 is 11.9 Å². The number of carbonyl (C=O) groups excluding carboxylic acids is 2. The highest BCUT2D eigenvalue weighted by molar-refractivity contribution is 6.04. The molecule has 0 spiro atoms. The Labute approximate surface area is 104 Å². The van der Waals surface area contributed by atoms with Gasteiger partial charge in [0.25, 0.3) is 0 Å². The molecule has 1 rings (SSSR count). The van der Waals surface area contributed by atoms with Crippen LogP contribution in [0.4, 0.5) is 0 Å². The summed E-state index contributed by atoms with van der Waals surface area (Å²) in [6.07, 6.45) is 0. The van der Waals surface area contributed by atoms with Gasteiger partial charge in [0, 0.05) is 0 Å². The molecule has 0 saturated heterocycles. The Kier molecular flexibility index (Phi) is 4.53. The van der Waals surface area contributed by atoms with Crippen molar-refractivity contribution in [3.63, 3.8) is 0 Å². The number of hydrogen-bond acceptors (Lipinski definition) is 6. The molecule has 0 aliphatic heterocycles. The maximum absolute atomic E-state index is 11.6. The fraction of sp³-hybridized carbons (Fsp3) is 0.333. The molecule has 2 N–H and O–H groups in total. The van der Waals surface area contributed by atoms with Crippen LogP contribution in [0.3, 0.4) is 0 Å². The topological polar surface area (TPSA) is 93.1 Å². The molecule has 0 aromatic heterocycles. The lowest BCUT2D eigenvalue weighted by Gasteiger charge is -2.09. The van der Waals surface area contributed by atoms with Crippen molar-refractivity contribution in [3.8, 4) is 11.5 Å². The van der Waals surface area contributed by atoms with E-state index in [9.17, 15) is 19.8 Å². The van der Waals surface area contributed by atoms with Crippen LogP contribution in [0.15, 0.2) is 12.1 Å². The van der Waals surface area contributed by atoms with E-state index in [-0.39, 0.29) is 24.3 Å². The molecule has 0 aliphatic carbocycles. The molecule has 1 aromatic carbocycles. The Bertz CT molecular complexity index is 423. The van der Waals surface area contributed by atoms with Crippen LogP contribution in [-0.2, 0) is 9.47 Å². The molecule has 6 nitrogen and oxygen atoms in total. The van der Waals surface area contributed by atoms with Gasteiger partial charge in [-0.1, -0.05) is 0 Å². The number of phenols is 2. The van der Waals surface area contributed by atoms with Crippen LogP contribution in [0.5, 0.6) is 11.5 Å². The summed E-state index contributed by atoms with van der Waals surface area (Å²) >= 11 is 0. The standard InChI is InChI=1S/C12H14O6/c1-3-17-11(15)7-5-9(13)10(14)6-8(7)12(16)18-4-2/h5-6,13-14H,3-4H2,1-2H3. The summed E-state index contributed by atoms with van der Waals surface area (Å²) in [4.78, 5) is 23.2. The zero-order chi connectivity index (χ0) is 13.7. The van der Waals surface area contributed by atoms with Gasteiger partial charge in [-0.25, -0.2) is 9.59 Å². The quantitative estimate of drug-likeness (QED) is 0.624. The highest BCUT2D eigenvalue weighted by Crippen LogP contribution is 2.29. The average molecular weight is 254 g/mol. The normalized spacial score (nSPS) is 9.89. The van der Waals surface area contributed by atoms with Crippen molar-refractivity contribution in [3.05, 3.63) is 23.3 Å². The van der Waals surface area contributed by atoms with Crippen LogP contribution in [0.1, 0.15) is 34.6 Å². The Morgan fingerprint density at radius 2 is 1.28 bits per heavy atom. The lowest BCUT2D eigenvalue weighted by molar-refractivity contribution is 0.0478. The van der Waals surface area contributed by atoms with E-state index in [0.29, 0.717) is 0 Å². The summed E-state index contributed by atoms with van der Waals surface area (Å²) < 4.78 is 9.50. The van der Waals surface area contributed by atoms with Gasteiger partial charge in [-0.15, -0.1) is 0 Å². The van der Waals surface area contributed by atoms with Crippen LogP contribution in [0, 0.1) is 0 Å². The van der Waals surface area contributed by atoms with Crippen LogP contribution >= 0.6 is 0 Å². The molecule has 18 heavy (non-hydrogen) atoms. The molecular weight excluding hydrogens is 240 g/mol. The summed E-state index contributed by atoms with van der Waals surface area (Å²) in [7, 11) is 0. The molecule has 0 fully saturated rings. The van der Waals surface area contributed by atoms with E-state index in [0.717, 1.165) is 12.1 Å². The van der Waals surface area contributed by atoms with E-state index in [2.05, 4.69) is 0 Å². The zero-order valence-corrected chi connectivity index (χ0v) is 10.1. The molecule has 0 atom stereocenters. The first-order valence-corrected chi connectivity index (χ1v) is 5.41. The lowest BCUT2D eigenvalue weighted by atomic mass is 10.1. The minimum atomic E-state index is -0.768. The van der Waals surface area contributed by atoms with Crippen molar-refractivity contribution in [2.45, 2.75) is 13.8 Å². The largest absolute Gasteiger partial charge is 0.504 e. The van der Waals surface area contributed by atoms with Gasteiger partial charge in [-0.3, -0.25) is 0 Å². The number of carbonyl (C=O) groups is 2. The van der Waals surface area contributed by atoms with Gasteiger partial charge < -0.3 is 19.7 Å². The number of aromatic hydroxyl groups is 2. The fourth-order valence-electron chi connectivity index (χ4n) is 1.33. The minimum absolute atomic E-state index is 0.128. The van der Waals surface area contributed by atoms with Gasteiger partial charge >= 0.3 is 11.9 Å². The summed E-state index contributed by atoms with van der Waals surface area (Å²) in [6.45, 7) is 3.48. The Balaban J connectivity index is 3.25. The Hall–Kier alpha value is -2.24. The molecule has 0 amide bonds. The van der Waals surface area contributed by atoms with Gasteiger partial charge in [0.2, 0.25) is 0 Å². The monoisotopic (exact) mass is 254 g/mol. The summed E-state index contributed by atoms with van der Waals surface area (Å²) in [5.74, 6) is -2.55. The highest BCUT2D eigenvalue weighted by atomic mass is 16.5. The fourth-order valence-corrected chi connectivity index (χ4v) is 1.33. The Morgan fingerprint density at radius 3 is 1.56 bits per heavy atom. The summed E-state index contributed by atoms with van der Waals surface area (Å²) in [5.41, 5.74) is -0.295. The van der Waals surface area contributed by atoms with Crippen LogP contribution in [0.25, 0.3) is 0 Å². The van der Waals surface area contributed by atoms with E-state index >= 15 is 0 Å². The molecule has 0 aliphatic rings. The van der Waals surface area contributed by atoms with Crippen LogP contribution in [0.2, 0.25) is 0 Å². The smallest absolute Gasteiger partial charge is 0.339 e. The third-order valence-corrected chi connectivity index (χ3v) is 2.11. The van der Waals surface area contributed by atoms with Gasteiger partial charge in [-0.05, 0) is 26.0 Å². The van der Waals surface area contributed by atoms with E-state index in [1.165, 1.54) is 0 Å². The van der Waals surface area contributed by atoms with Gasteiger partial charge in [0.1, 0.15) is 0 Å². The molecule has 0 unspecified atom stereocenters. The predicted molar refractivity (Wildman–Crippen MR) is 61.7 cm³/mol. The maximum Gasteiger partial charge on any atom is 0.339 e. The number of hydrogen-bond donors (Lipinski definition) is 2. The van der Waals surface area contributed by atoms with E-state index in [1.54, 1.807) is 13.8 Å². The molecule has 0 radical (unpaired) electrons. The number of benzene rings is 1. The van der Waals surface area contributed by atoms with Crippen molar-refractivity contribution in [2.24, 2.45) is 0 Å². The number of phenolic OH excluding ortho intramolecular Hbond substituents is 2. The van der Waals surface area contributed by atoms with Crippen molar-refractivity contribution in [2.75, 3.05) is 13.2 Å². The van der Waals surface area contributed by atoms with Crippen molar-refractivity contribution in [1.29, 1.82) is 0 Å². The van der Waals surface area contributed by atoms with Crippen LogP contribution < -0.4 is 0 Å². The van der Waals surface area contributed by atoms with Crippen LogP contribution in [-0.4, -0.2) is 35.4 Å². The third-order valence-electron chi connectivity index (χ3n) is 2.11. The van der Waals surface area contributed by atoms with Gasteiger partial charge in [-0.2, -0.15) is 0 Å². The number of esters is 2. The van der Waals surface area contributed by atoms with E-state index < -0.39 is 23.4 Å². The van der Waals surface area contributed by atoms with E-state index in [1.807, 2.05) is 0 Å². The second kappa shape index (κ2) is 5.90. The number of rotatable bonds is 4. The SMILES string of the molecule is CCOC(=O)c1cc(O)c(O)cc1C(=O)OCC. The molecule has 0 saturated carbocycles. The van der Waals surface area contributed by atoms with Gasteiger partial charge in [0.05, 0.1) is 24.3 Å². The molecule has 0 bridgehead atoms. The zero-order valence-electron chi connectivity index (χ0n) is 10.1. The third kappa shape index (κ3) is 2.91. The second-order valence-corrected chi connectivity index (χ2v) is 3.33. The molecule has 1 aromatic rings. The van der Waals surface area contributed by atoms with Crippen molar-refractivity contribution < 1.29 is 29.3 Å². The minimum Gasteiger partial charge on any atom is -0.504 e. The Morgan fingerprint density at radius 1 is 0.944 bits per heavy atom. The van der Waals surface area contributed by atoms with E-state index in [4.69, 9.17) is 9.47 Å².